The number of hydrogen-bond acceptors (Lipinski definition) is 3. The fraction of sp³-hybridized carbons (Fsp3) is 0.833. The molecule has 0 bridgehead atoms. The molecular weight excluding hydrogens is 204 g/mol. The van der Waals surface area contributed by atoms with Gasteiger partial charge in [-0.3, -0.25) is 4.79 Å². The number of hydrogen-bond donors (Lipinski definition) is 2. The summed E-state index contributed by atoms with van der Waals surface area (Å²) >= 11 is 0. The van der Waals surface area contributed by atoms with Gasteiger partial charge in [0.2, 0.25) is 5.91 Å². The molecule has 0 unspecified atom stereocenters. The van der Waals surface area contributed by atoms with Gasteiger partial charge in [-0.15, -0.1) is 0 Å². The van der Waals surface area contributed by atoms with Crippen molar-refractivity contribution in [1.29, 1.82) is 0 Å². The van der Waals surface area contributed by atoms with E-state index in [1.54, 1.807) is 0 Å². The average molecular weight is 228 g/mol. The van der Waals surface area contributed by atoms with Crippen LogP contribution in [0, 0.1) is 0 Å². The molecule has 1 amide bonds. The van der Waals surface area contributed by atoms with Gasteiger partial charge in [-0.1, -0.05) is 19.8 Å². The summed E-state index contributed by atoms with van der Waals surface area (Å²) in [6, 6.07) is -0.333. The van der Waals surface area contributed by atoms with Gasteiger partial charge in [-0.05, 0) is 32.2 Å². The lowest BCUT2D eigenvalue weighted by atomic mass is 10.1. The largest absolute Gasteiger partial charge is 0.347 e. The van der Waals surface area contributed by atoms with Crippen molar-refractivity contribution in [1.82, 2.24) is 5.32 Å². The van der Waals surface area contributed by atoms with Gasteiger partial charge in [-0.25, -0.2) is 0 Å². The average Bonchev–Trinajstić information content (AvgIpc) is 2.28. The molecule has 0 heterocycles. The monoisotopic (exact) mass is 228 g/mol. The van der Waals surface area contributed by atoms with Crippen LogP contribution in [-0.4, -0.2) is 24.8 Å². The molecule has 0 aromatic rings. The molecule has 1 atom stereocenters. The molecule has 0 aromatic carbocycles. The number of rotatable bonds is 10. The van der Waals surface area contributed by atoms with Gasteiger partial charge in [0, 0.05) is 6.42 Å². The number of unbranched alkanes of at least 4 members (excludes halogenated alkanes) is 3. The first-order valence-corrected chi connectivity index (χ1v) is 6.19. The SMILES string of the molecule is CCCCCC(=O)N[C@H](C=O)CCCCN. The van der Waals surface area contributed by atoms with Crippen molar-refractivity contribution in [3.05, 3.63) is 0 Å². The van der Waals surface area contributed by atoms with Gasteiger partial charge in [0.1, 0.15) is 6.29 Å². The molecule has 0 spiro atoms. The first kappa shape index (κ1) is 15.1. The zero-order valence-corrected chi connectivity index (χ0v) is 10.2. The summed E-state index contributed by atoms with van der Waals surface area (Å²) in [5.74, 6) is -0.0155. The van der Waals surface area contributed by atoms with Crippen molar-refractivity contribution in [3.8, 4) is 0 Å². The Hall–Kier alpha value is -0.900. The van der Waals surface area contributed by atoms with Crippen LogP contribution < -0.4 is 11.1 Å². The molecule has 4 heteroatoms. The van der Waals surface area contributed by atoms with Crippen LogP contribution in [0.25, 0.3) is 0 Å². The topological polar surface area (TPSA) is 72.2 Å². The summed E-state index contributed by atoms with van der Waals surface area (Å²) in [7, 11) is 0. The fourth-order valence-corrected chi connectivity index (χ4v) is 1.50. The van der Waals surface area contributed by atoms with E-state index >= 15 is 0 Å². The Morgan fingerprint density at radius 1 is 1.31 bits per heavy atom. The summed E-state index contributed by atoms with van der Waals surface area (Å²) < 4.78 is 0. The lowest BCUT2D eigenvalue weighted by molar-refractivity contribution is -0.124. The lowest BCUT2D eigenvalue weighted by Gasteiger charge is -2.12. The lowest BCUT2D eigenvalue weighted by Crippen LogP contribution is -2.35. The Labute approximate surface area is 98.0 Å². The van der Waals surface area contributed by atoms with Gasteiger partial charge < -0.3 is 15.8 Å². The van der Waals surface area contributed by atoms with Crippen molar-refractivity contribution in [2.24, 2.45) is 5.73 Å². The smallest absolute Gasteiger partial charge is 0.220 e. The van der Waals surface area contributed by atoms with E-state index in [9.17, 15) is 9.59 Å². The quantitative estimate of drug-likeness (QED) is 0.438. The van der Waals surface area contributed by atoms with Crippen LogP contribution in [0.5, 0.6) is 0 Å². The Bertz CT molecular complexity index is 195. The fourth-order valence-electron chi connectivity index (χ4n) is 1.50. The number of carbonyl (C=O) groups is 2. The predicted molar refractivity (Wildman–Crippen MR) is 65.0 cm³/mol. The number of aldehydes is 1. The summed E-state index contributed by atoms with van der Waals surface area (Å²) in [5.41, 5.74) is 5.36. The molecule has 0 saturated heterocycles. The minimum atomic E-state index is -0.333. The van der Waals surface area contributed by atoms with E-state index in [1.165, 1.54) is 0 Å². The molecule has 4 nitrogen and oxygen atoms in total. The molecule has 0 aliphatic rings. The third kappa shape index (κ3) is 8.41. The maximum atomic E-state index is 11.4. The van der Waals surface area contributed by atoms with Crippen LogP contribution >= 0.6 is 0 Å². The van der Waals surface area contributed by atoms with E-state index in [1.807, 2.05) is 0 Å². The molecule has 0 saturated carbocycles. The van der Waals surface area contributed by atoms with E-state index in [4.69, 9.17) is 5.73 Å². The van der Waals surface area contributed by atoms with Gasteiger partial charge in [-0.2, -0.15) is 0 Å². The van der Waals surface area contributed by atoms with Gasteiger partial charge in [0.05, 0.1) is 6.04 Å². The predicted octanol–water partition coefficient (Wildman–Crippen LogP) is 1.38. The van der Waals surface area contributed by atoms with E-state index in [0.29, 0.717) is 19.4 Å². The van der Waals surface area contributed by atoms with Crippen LogP contribution in [0.3, 0.4) is 0 Å². The van der Waals surface area contributed by atoms with E-state index in [0.717, 1.165) is 38.4 Å². The molecule has 16 heavy (non-hydrogen) atoms. The second kappa shape index (κ2) is 10.6. The Kier molecular flexibility index (Phi) is 10.0. The zero-order valence-electron chi connectivity index (χ0n) is 10.2. The maximum Gasteiger partial charge on any atom is 0.220 e. The zero-order chi connectivity index (χ0) is 12.2. The number of nitrogens with one attached hydrogen (secondary N) is 1. The normalized spacial score (nSPS) is 12.1. The second-order valence-electron chi connectivity index (χ2n) is 4.05. The third-order valence-corrected chi connectivity index (χ3v) is 2.49. The van der Waals surface area contributed by atoms with Gasteiger partial charge in [0.15, 0.2) is 0 Å². The standard InChI is InChI=1S/C12H24N2O2/c1-2-3-4-8-12(16)14-11(10-15)7-5-6-9-13/h10-11H,2-9,13H2,1H3,(H,14,16)/t11-/m0/s1. The first-order valence-electron chi connectivity index (χ1n) is 6.19. The highest BCUT2D eigenvalue weighted by molar-refractivity contribution is 5.79. The van der Waals surface area contributed by atoms with Crippen molar-refractivity contribution < 1.29 is 9.59 Å². The molecule has 0 rings (SSSR count). The number of carbonyl (C=O) groups excluding carboxylic acids is 2. The third-order valence-electron chi connectivity index (χ3n) is 2.49. The second-order valence-corrected chi connectivity index (χ2v) is 4.05. The van der Waals surface area contributed by atoms with Crippen LogP contribution in [0.2, 0.25) is 0 Å². The van der Waals surface area contributed by atoms with Crippen molar-refractivity contribution in [2.45, 2.75) is 57.9 Å². The number of nitrogens with two attached hydrogens (primary N) is 1. The highest BCUT2D eigenvalue weighted by Crippen LogP contribution is 2.01. The maximum absolute atomic E-state index is 11.4. The van der Waals surface area contributed by atoms with Crippen molar-refractivity contribution in [3.63, 3.8) is 0 Å². The van der Waals surface area contributed by atoms with Crippen molar-refractivity contribution in [2.75, 3.05) is 6.54 Å². The van der Waals surface area contributed by atoms with Crippen LogP contribution in [0.15, 0.2) is 0 Å². The molecule has 0 radical (unpaired) electrons. The summed E-state index contributed by atoms with van der Waals surface area (Å²) in [6.07, 6.45) is 6.87. The van der Waals surface area contributed by atoms with Crippen LogP contribution in [0.1, 0.15) is 51.9 Å². The van der Waals surface area contributed by atoms with Crippen LogP contribution in [0.4, 0.5) is 0 Å². The number of amides is 1. The Morgan fingerprint density at radius 3 is 2.62 bits per heavy atom. The summed E-state index contributed by atoms with van der Waals surface area (Å²) in [6.45, 7) is 2.73. The van der Waals surface area contributed by atoms with E-state index in [2.05, 4.69) is 12.2 Å². The Morgan fingerprint density at radius 2 is 2.06 bits per heavy atom. The van der Waals surface area contributed by atoms with E-state index in [-0.39, 0.29) is 11.9 Å². The molecule has 3 N–H and O–H groups in total. The van der Waals surface area contributed by atoms with Crippen LogP contribution in [-0.2, 0) is 9.59 Å². The highest BCUT2D eigenvalue weighted by Gasteiger charge is 2.10. The molecule has 0 aliphatic carbocycles. The molecule has 0 fully saturated rings. The van der Waals surface area contributed by atoms with Crippen molar-refractivity contribution >= 4 is 12.2 Å². The van der Waals surface area contributed by atoms with Gasteiger partial charge >= 0.3 is 0 Å². The minimum Gasteiger partial charge on any atom is -0.347 e. The molecule has 0 aliphatic heterocycles. The first-order chi connectivity index (χ1) is 7.74. The van der Waals surface area contributed by atoms with E-state index < -0.39 is 0 Å². The molecule has 94 valence electrons. The van der Waals surface area contributed by atoms with Gasteiger partial charge in [0.25, 0.3) is 0 Å². The minimum absolute atomic E-state index is 0.0155. The summed E-state index contributed by atoms with van der Waals surface area (Å²) in [4.78, 5) is 22.1. The summed E-state index contributed by atoms with van der Waals surface area (Å²) in [5, 5.41) is 2.74. The molecule has 0 aromatic heterocycles. The highest BCUT2D eigenvalue weighted by atomic mass is 16.2. The Balaban J connectivity index is 3.65. The molecular formula is C12H24N2O2.